The molecule has 3 heterocycles. The molecule has 4 nitrogen and oxygen atoms in total. The summed E-state index contributed by atoms with van der Waals surface area (Å²) in [5, 5.41) is 4.51. The van der Waals surface area contributed by atoms with Crippen LogP contribution in [0.15, 0.2) is 41.2 Å². The van der Waals surface area contributed by atoms with Crippen LogP contribution < -0.4 is 10.9 Å². The lowest BCUT2D eigenvalue weighted by Gasteiger charge is -2.30. The Morgan fingerprint density at radius 1 is 1.03 bits per heavy atom. The molecule has 1 N–H and O–H groups in total. The van der Waals surface area contributed by atoms with E-state index in [2.05, 4.69) is 28.1 Å². The van der Waals surface area contributed by atoms with E-state index in [4.69, 9.17) is 16.6 Å². The van der Waals surface area contributed by atoms with Gasteiger partial charge >= 0.3 is 0 Å². The molecule has 160 valence electrons. The average molecular weight is 434 g/mol. The first-order valence-corrected chi connectivity index (χ1v) is 12.1. The van der Waals surface area contributed by atoms with Gasteiger partial charge in [0, 0.05) is 0 Å². The second kappa shape index (κ2) is 7.46. The maximum atomic E-state index is 13.1. The van der Waals surface area contributed by atoms with Gasteiger partial charge in [-0.2, -0.15) is 4.98 Å². The molecule has 1 spiro atoms. The SMILES string of the molecule is O=c1nc2n(c3cccc(Cl)c13)-c1ccc(C3CCNCC3)cc1C21CCCCCC1. The Morgan fingerprint density at radius 3 is 2.58 bits per heavy atom. The average Bonchev–Trinajstić information content (AvgIpc) is 2.93. The van der Waals surface area contributed by atoms with Crippen molar-refractivity contribution in [3.63, 3.8) is 0 Å². The molecule has 2 aromatic carbocycles. The summed E-state index contributed by atoms with van der Waals surface area (Å²) in [5.74, 6) is 1.55. The smallest absolute Gasteiger partial charge is 0.282 e. The van der Waals surface area contributed by atoms with E-state index in [9.17, 15) is 4.79 Å². The van der Waals surface area contributed by atoms with E-state index in [-0.39, 0.29) is 11.0 Å². The molecule has 0 amide bonds. The van der Waals surface area contributed by atoms with Crippen LogP contribution in [0.25, 0.3) is 16.6 Å². The van der Waals surface area contributed by atoms with Crippen LogP contribution in [0.2, 0.25) is 5.02 Å². The number of hydrogen-bond donors (Lipinski definition) is 1. The zero-order chi connectivity index (χ0) is 21.0. The summed E-state index contributed by atoms with van der Waals surface area (Å²) in [5.41, 5.74) is 4.55. The maximum absolute atomic E-state index is 13.1. The normalized spacial score (nSPS) is 20.5. The molecule has 31 heavy (non-hydrogen) atoms. The number of nitrogens with one attached hydrogen (secondary N) is 1. The number of benzene rings is 2. The van der Waals surface area contributed by atoms with Crippen molar-refractivity contribution in [3.8, 4) is 5.69 Å². The van der Waals surface area contributed by atoms with E-state index in [1.54, 1.807) is 6.07 Å². The van der Waals surface area contributed by atoms with Crippen LogP contribution in [0.1, 0.15) is 74.2 Å². The Kier molecular flexibility index (Phi) is 4.69. The molecule has 1 saturated heterocycles. The molecule has 0 atom stereocenters. The summed E-state index contributed by atoms with van der Waals surface area (Å²) in [6, 6.07) is 12.8. The van der Waals surface area contributed by atoms with E-state index in [0.29, 0.717) is 16.3 Å². The molecule has 5 heteroatoms. The molecule has 2 aliphatic heterocycles. The van der Waals surface area contributed by atoms with Gasteiger partial charge in [-0.05, 0) is 74.0 Å². The molecule has 3 aromatic rings. The number of nitrogens with zero attached hydrogens (tertiary/aromatic N) is 2. The minimum Gasteiger partial charge on any atom is -0.317 e. The van der Waals surface area contributed by atoms with Crippen molar-refractivity contribution >= 4 is 22.5 Å². The first-order chi connectivity index (χ1) is 15.2. The van der Waals surface area contributed by atoms with Crippen LogP contribution in [0.4, 0.5) is 0 Å². The third-order valence-corrected chi connectivity index (χ3v) is 8.15. The fourth-order valence-corrected chi connectivity index (χ4v) is 6.53. The molecule has 3 aliphatic rings. The van der Waals surface area contributed by atoms with Crippen LogP contribution in [-0.4, -0.2) is 22.6 Å². The Hall–Kier alpha value is -2.17. The molecule has 6 rings (SSSR count). The van der Waals surface area contributed by atoms with Crippen molar-refractivity contribution in [2.75, 3.05) is 13.1 Å². The highest BCUT2D eigenvalue weighted by Crippen LogP contribution is 2.51. The topological polar surface area (TPSA) is 46.9 Å². The molecule has 2 fully saturated rings. The summed E-state index contributed by atoms with van der Waals surface area (Å²) in [6.07, 6.45) is 9.38. The Bertz CT molecular complexity index is 1220. The predicted octanol–water partition coefficient (Wildman–Crippen LogP) is 5.46. The zero-order valence-corrected chi connectivity index (χ0v) is 18.5. The molecule has 0 radical (unpaired) electrons. The van der Waals surface area contributed by atoms with E-state index in [1.807, 2.05) is 12.1 Å². The summed E-state index contributed by atoms with van der Waals surface area (Å²) in [6.45, 7) is 2.18. The van der Waals surface area contributed by atoms with Gasteiger partial charge in [-0.25, -0.2) is 0 Å². The van der Waals surface area contributed by atoms with Crippen LogP contribution in [-0.2, 0) is 5.41 Å². The molecular formula is C26H28ClN3O. The third kappa shape index (κ3) is 2.91. The number of rotatable bonds is 1. The number of fused-ring (bicyclic) bond motifs is 7. The number of halogens is 1. The second-order valence-corrected chi connectivity index (χ2v) is 9.91. The molecule has 0 bridgehead atoms. The molecular weight excluding hydrogens is 406 g/mol. The highest BCUT2D eigenvalue weighted by atomic mass is 35.5. The standard InChI is InChI=1S/C26H28ClN3O/c27-20-6-5-7-22-23(20)24(31)29-25-26(12-3-1-2-4-13-26)19-16-18(8-9-21(19)30(22)25)17-10-14-28-15-11-17/h5-9,16-17,28H,1-4,10-15H2. The fourth-order valence-electron chi connectivity index (χ4n) is 6.28. The molecule has 1 aliphatic carbocycles. The highest BCUT2D eigenvalue weighted by Gasteiger charge is 2.46. The predicted molar refractivity (Wildman–Crippen MR) is 126 cm³/mol. The van der Waals surface area contributed by atoms with Gasteiger partial charge in [-0.1, -0.05) is 55.5 Å². The number of piperidine rings is 1. The van der Waals surface area contributed by atoms with Gasteiger partial charge in [0.15, 0.2) is 0 Å². The van der Waals surface area contributed by atoms with Gasteiger partial charge in [0.25, 0.3) is 5.56 Å². The highest BCUT2D eigenvalue weighted by molar-refractivity contribution is 6.35. The first-order valence-electron chi connectivity index (χ1n) is 11.8. The van der Waals surface area contributed by atoms with E-state index in [1.165, 1.54) is 55.3 Å². The van der Waals surface area contributed by atoms with Crippen LogP contribution in [0.3, 0.4) is 0 Å². The van der Waals surface area contributed by atoms with Crippen molar-refractivity contribution in [3.05, 3.63) is 68.7 Å². The van der Waals surface area contributed by atoms with Crippen molar-refractivity contribution in [2.24, 2.45) is 0 Å². The van der Waals surface area contributed by atoms with Gasteiger partial charge in [0.2, 0.25) is 0 Å². The van der Waals surface area contributed by atoms with Gasteiger partial charge in [-0.15, -0.1) is 0 Å². The second-order valence-electron chi connectivity index (χ2n) is 9.51. The van der Waals surface area contributed by atoms with Crippen LogP contribution >= 0.6 is 11.6 Å². The number of aromatic nitrogens is 2. The zero-order valence-electron chi connectivity index (χ0n) is 17.8. The lowest BCUT2D eigenvalue weighted by atomic mass is 9.73. The van der Waals surface area contributed by atoms with Crippen molar-refractivity contribution in [1.29, 1.82) is 0 Å². The quantitative estimate of drug-likeness (QED) is 0.554. The fraction of sp³-hybridized carbons (Fsp3) is 0.462. The largest absolute Gasteiger partial charge is 0.317 e. The summed E-state index contributed by atoms with van der Waals surface area (Å²) < 4.78 is 2.25. The van der Waals surface area contributed by atoms with E-state index >= 15 is 0 Å². The third-order valence-electron chi connectivity index (χ3n) is 7.84. The van der Waals surface area contributed by atoms with Crippen molar-refractivity contribution in [1.82, 2.24) is 14.9 Å². The lowest BCUT2D eigenvalue weighted by Crippen LogP contribution is -2.30. The van der Waals surface area contributed by atoms with Crippen LogP contribution in [0.5, 0.6) is 0 Å². The first kappa shape index (κ1) is 19.5. The van der Waals surface area contributed by atoms with Gasteiger partial charge < -0.3 is 5.32 Å². The Morgan fingerprint density at radius 2 is 1.81 bits per heavy atom. The van der Waals surface area contributed by atoms with E-state index < -0.39 is 0 Å². The van der Waals surface area contributed by atoms with Crippen LogP contribution in [0, 0.1) is 0 Å². The summed E-state index contributed by atoms with van der Waals surface area (Å²) >= 11 is 6.46. The molecule has 0 unspecified atom stereocenters. The maximum Gasteiger partial charge on any atom is 0.282 e. The van der Waals surface area contributed by atoms with E-state index in [0.717, 1.165) is 37.3 Å². The monoisotopic (exact) mass is 433 g/mol. The molecule has 1 aromatic heterocycles. The lowest BCUT2D eigenvalue weighted by molar-refractivity contribution is 0.430. The van der Waals surface area contributed by atoms with Gasteiger partial charge in [-0.3, -0.25) is 9.36 Å². The van der Waals surface area contributed by atoms with Crippen molar-refractivity contribution < 1.29 is 0 Å². The minimum absolute atomic E-state index is 0.162. The van der Waals surface area contributed by atoms with Gasteiger partial charge in [0.05, 0.1) is 27.0 Å². The Labute approximate surface area is 187 Å². The molecule has 1 saturated carbocycles. The van der Waals surface area contributed by atoms with Crippen molar-refractivity contribution in [2.45, 2.75) is 62.7 Å². The minimum atomic E-state index is -0.193. The summed E-state index contributed by atoms with van der Waals surface area (Å²) in [4.78, 5) is 17.9. The Balaban J connectivity index is 1.64. The number of hydrogen-bond acceptors (Lipinski definition) is 3. The summed E-state index contributed by atoms with van der Waals surface area (Å²) in [7, 11) is 0. The van der Waals surface area contributed by atoms with Gasteiger partial charge in [0.1, 0.15) is 5.82 Å².